The summed E-state index contributed by atoms with van der Waals surface area (Å²) in [5.74, 6) is -0.602. The molecular formula is C31H36F3N3O5S. The molecule has 3 aromatic carbocycles. The van der Waals surface area contributed by atoms with Gasteiger partial charge in [0.05, 0.1) is 23.3 Å². The highest BCUT2D eigenvalue weighted by Crippen LogP contribution is 2.33. The molecule has 43 heavy (non-hydrogen) atoms. The molecule has 2 amide bonds. The Morgan fingerprint density at radius 2 is 1.63 bits per heavy atom. The number of nitrogens with zero attached hydrogens (tertiary/aromatic N) is 2. The first-order valence-corrected chi connectivity index (χ1v) is 15.2. The van der Waals surface area contributed by atoms with Crippen LogP contribution in [0.1, 0.15) is 43.4 Å². The molecule has 0 fully saturated rings. The molecule has 12 heteroatoms. The van der Waals surface area contributed by atoms with Crippen LogP contribution in [0.5, 0.6) is 5.75 Å². The summed E-state index contributed by atoms with van der Waals surface area (Å²) in [6.07, 6.45) is -3.87. The maximum atomic E-state index is 14.0. The van der Waals surface area contributed by atoms with Gasteiger partial charge in [-0.15, -0.1) is 0 Å². The molecule has 0 heterocycles. The fourth-order valence-corrected chi connectivity index (χ4v) is 5.82. The van der Waals surface area contributed by atoms with E-state index >= 15 is 0 Å². The van der Waals surface area contributed by atoms with Crippen LogP contribution in [-0.4, -0.2) is 51.4 Å². The van der Waals surface area contributed by atoms with Crippen LogP contribution in [0.2, 0.25) is 0 Å². The van der Waals surface area contributed by atoms with Gasteiger partial charge in [-0.1, -0.05) is 49.7 Å². The molecule has 0 saturated carbocycles. The number of sulfonamides is 1. The number of benzene rings is 3. The molecule has 0 aliphatic rings. The average molecular weight is 620 g/mol. The SMILES string of the molecule is CCCNC(=O)[C@@H](CC)N(Cc1ccc(OC)cc1)C(=O)CN(c1cccc(C(F)(F)F)c1)S(=O)(=O)c1ccc(C)cc1. The van der Waals surface area contributed by atoms with Gasteiger partial charge in [-0.25, -0.2) is 8.42 Å². The second-order valence-corrected chi connectivity index (χ2v) is 11.8. The summed E-state index contributed by atoms with van der Waals surface area (Å²) in [7, 11) is -3.00. The van der Waals surface area contributed by atoms with E-state index in [2.05, 4.69) is 5.32 Å². The number of ether oxygens (including phenoxy) is 1. The van der Waals surface area contributed by atoms with E-state index in [9.17, 15) is 31.2 Å². The zero-order valence-electron chi connectivity index (χ0n) is 24.5. The van der Waals surface area contributed by atoms with Crippen molar-refractivity contribution >= 4 is 27.5 Å². The van der Waals surface area contributed by atoms with Gasteiger partial charge in [0, 0.05) is 13.1 Å². The number of anilines is 1. The lowest BCUT2D eigenvalue weighted by Gasteiger charge is -2.33. The number of carbonyl (C=O) groups excluding carboxylic acids is 2. The van der Waals surface area contributed by atoms with Crippen LogP contribution in [0.15, 0.2) is 77.7 Å². The Morgan fingerprint density at radius 1 is 0.977 bits per heavy atom. The topological polar surface area (TPSA) is 96.0 Å². The van der Waals surface area contributed by atoms with E-state index in [1.54, 1.807) is 50.2 Å². The number of carbonyl (C=O) groups is 2. The quantitative estimate of drug-likeness (QED) is 0.271. The summed E-state index contributed by atoms with van der Waals surface area (Å²) >= 11 is 0. The molecule has 0 unspecified atom stereocenters. The van der Waals surface area contributed by atoms with Gasteiger partial charge < -0.3 is 15.0 Å². The second kappa shape index (κ2) is 14.4. The molecule has 8 nitrogen and oxygen atoms in total. The lowest BCUT2D eigenvalue weighted by Crippen LogP contribution is -2.52. The van der Waals surface area contributed by atoms with E-state index in [1.165, 1.54) is 30.2 Å². The van der Waals surface area contributed by atoms with Crippen LogP contribution in [0.3, 0.4) is 0 Å². The van der Waals surface area contributed by atoms with E-state index in [0.717, 1.165) is 17.7 Å². The van der Waals surface area contributed by atoms with Crippen LogP contribution in [0.4, 0.5) is 18.9 Å². The standard InChI is InChI=1S/C31H36F3N3O5S/c1-5-18-35-30(39)28(6-2)36(20-23-12-14-26(42-4)15-13-23)29(38)21-37(25-9-7-8-24(19-25)31(32,33)34)43(40,41)27-16-10-22(3)11-17-27/h7-17,19,28H,5-6,18,20-21H2,1-4H3,(H,35,39)/t28-/m1/s1. The van der Waals surface area contributed by atoms with Crippen molar-refractivity contribution in [3.8, 4) is 5.75 Å². The van der Waals surface area contributed by atoms with E-state index < -0.39 is 46.2 Å². The highest BCUT2D eigenvalue weighted by atomic mass is 32.2. The summed E-state index contributed by atoms with van der Waals surface area (Å²) in [5.41, 5.74) is 0.0109. The largest absolute Gasteiger partial charge is 0.497 e. The van der Waals surface area contributed by atoms with Gasteiger partial charge in [0.15, 0.2) is 0 Å². The molecule has 0 radical (unpaired) electrons. The maximum Gasteiger partial charge on any atom is 0.416 e. The molecule has 232 valence electrons. The monoisotopic (exact) mass is 619 g/mol. The van der Waals surface area contributed by atoms with Crippen LogP contribution in [-0.2, 0) is 32.3 Å². The zero-order valence-corrected chi connectivity index (χ0v) is 25.3. The lowest BCUT2D eigenvalue weighted by molar-refractivity contribution is -0.140. The summed E-state index contributed by atoms with van der Waals surface area (Å²) in [6, 6.07) is 15.4. The fraction of sp³-hybridized carbons (Fsp3) is 0.355. The van der Waals surface area contributed by atoms with Gasteiger partial charge in [-0.2, -0.15) is 13.2 Å². The minimum Gasteiger partial charge on any atom is -0.497 e. The van der Waals surface area contributed by atoms with Crippen LogP contribution >= 0.6 is 0 Å². The van der Waals surface area contributed by atoms with Crippen molar-refractivity contribution in [2.75, 3.05) is 24.5 Å². The molecule has 0 aliphatic heterocycles. The number of hydrogen-bond donors (Lipinski definition) is 1. The van der Waals surface area contributed by atoms with Crippen LogP contribution < -0.4 is 14.4 Å². The smallest absolute Gasteiger partial charge is 0.416 e. The Kier molecular flexibility index (Phi) is 11.2. The molecule has 0 bridgehead atoms. The number of aryl methyl sites for hydroxylation is 1. The highest BCUT2D eigenvalue weighted by molar-refractivity contribution is 7.92. The molecule has 1 atom stereocenters. The maximum absolute atomic E-state index is 14.0. The van der Waals surface area contributed by atoms with E-state index in [1.807, 2.05) is 6.92 Å². The summed E-state index contributed by atoms with van der Waals surface area (Å²) in [4.78, 5) is 28.3. The number of rotatable bonds is 13. The Labute approximate surface area is 250 Å². The average Bonchev–Trinajstić information content (AvgIpc) is 2.98. The Hall–Kier alpha value is -4.06. The molecular weight excluding hydrogens is 583 g/mol. The zero-order chi connectivity index (χ0) is 31.8. The molecule has 3 rings (SSSR count). The van der Waals surface area contributed by atoms with Crippen LogP contribution in [0, 0.1) is 6.92 Å². The van der Waals surface area contributed by atoms with E-state index in [-0.39, 0.29) is 23.5 Å². The van der Waals surface area contributed by atoms with Gasteiger partial charge in [-0.05, 0) is 67.8 Å². The van der Waals surface area contributed by atoms with Gasteiger partial charge in [0.2, 0.25) is 11.8 Å². The van der Waals surface area contributed by atoms with Crippen molar-refractivity contribution in [3.05, 3.63) is 89.5 Å². The van der Waals surface area contributed by atoms with Crippen molar-refractivity contribution in [2.45, 2.75) is 57.3 Å². The second-order valence-electron chi connectivity index (χ2n) is 9.96. The first-order valence-electron chi connectivity index (χ1n) is 13.8. The molecule has 1 N–H and O–H groups in total. The minimum atomic E-state index is -4.75. The van der Waals surface area contributed by atoms with E-state index in [4.69, 9.17) is 4.74 Å². The Balaban J connectivity index is 2.10. The number of amides is 2. The predicted molar refractivity (Wildman–Crippen MR) is 158 cm³/mol. The minimum absolute atomic E-state index is 0.0537. The lowest BCUT2D eigenvalue weighted by atomic mass is 10.1. The van der Waals surface area contributed by atoms with Crippen molar-refractivity contribution in [3.63, 3.8) is 0 Å². The van der Waals surface area contributed by atoms with Crippen molar-refractivity contribution in [1.29, 1.82) is 0 Å². The Morgan fingerprint density at radius 3 is 2.19 bits per heavy atom. The van der Waals surface area contributed by atoms with Gasteiger partial charge in [0.25, 0.3) is 10.0 Å². The number of hydrogen-bond acceptors (Lipinski definition) is 5. The first-order chi connectivity index (χ1) is 20.3. The van der Waals surface area contributed by atoms with Crippen molar-refractivity contribution < 1.29 is 35.9 Å². The Bertz CT molecular complexity index is 1490. The fourth-order valence-electron chi connectivity index (χ4n) is 4.42. The summed E-state index contributed by atoms with van der Waals surface area (Å²) in [6.45, 7) is 4.84. The molecule has 0 aliphatic carbocycles. The third-order valence-corrected chi connectivity index (χ3v) is 8.58. The molecule has 0 saturated heterocycles. The third kappa shape index (κ3) is 8.50. The number of alkyl halides is 3. The number of methoxy groups -OCH3 is 1. The van der Waals surface area contributed by atoms with Gasteiger partial charge in [-0.3, -0.25) is 13.9 Å². The summed E-state index contributed by atoms with van der Waals surface area (Å²) < 4.78 is 74.5. The third-order valence-electron chi connectivity index (χ3n) is 6.80. The highest BCUT2D eigenvalue weighted by Gasteiger charge is 2.36. The molecule has 3 aromatic rings. The van der Waals surface area contributed by atoms with Crippen molar-refractivity contribution in [1.82, 2.24) is 10.2 Å². The number of nitrogens with one attached hydrogen (secondary N) is 1. The first kappa shape index (κ1) is 33.4. The number of halogens is 3. The van der Waals surface area contributed by atoms with E-state index in [0.29, 0.717) is 34.7 Å². The van der Waals surface area contributed by atoms with Crippen molar-refractivity contribution in [2.24, 2.45) is 0 Å². The normalized spacial score (nSPS) is 12.3. The van der Waals surface area contributed by atoms with Gasteiger partial charge >= 0.3 is 6.18 Å². The molecule has 0 aromatic heterocycles. The summed E-state index contributed by atoms with van der Waals surface area (Å²) in [5, 5.41) is 2.78. The van der Waals surface area contributed by atoms with Crippen LogP contribution in [0.25, 0.3) is 0 Å². The predicted octanol–water partition coefficient (Wildman–Crippen LogP) is 5.55. The van der Waals surface area contributed by atoms with Gasteiger partial charge in [0.1, 0.15) is 18.3 Å². The molecule has 0 spiro atoms.